The van der Waals surface area contributed by atoms with Gasteiger partial charge in [-0.3, -0.25) is 14.5 Å². The molecule has 0 aliphatic rings. The number of hydrogen-bond acceptors (Lipinski definition) is 8. The summed E-state index contributed by atoms with van der Waals surface area (Å²) in [7, 11) is 3.03. The summed E-state index contributed by atoms with van der Waals surface area (Å²) < 4.78 is 30.5. The minimum Gasteiger partial charge on any atom is -0.493 e. The lowest BCUT2D eigenvalue weighted by molar-refractivity contribution is -0.128. The van der Waals surface area contributed by atoms with Crippen LogP contribution in [0.15, 0.2) is 52.9 Å². The number of anilines is 1. The molecule has 0 fully saturated rings. The zero-order valence-electron chi connectivity index (χ0n) is 23.4. The molecule has 0 aliphatic carbocycles. The first-order chi connectivity index (χ1) is 19.4. The summed E-state index contributed by atoms with van der Waals surface area (Å²) in [5, 5.41) is 15.1. The van der Waals surface area contributed by atoms with E-state index in [1.54, 1.807) is 37.3 Å². The fourth-order valence-electron chi connectivity index (χ4n) is 4.08. The van der Waals surface area contributed by atoms with E-state index in [1.165, 1.54) is 31.3 Å². The fourth-order valence-corrected chi connectivity index (χ4v) is 4.26. The van der Waals surface area contributed by atoms with Gasteiger partial charge in [-0.25, -0.2) is 4.39 Å². The lowest BCUT2D eigenvalue weighted by atomic mass is 10.1. The topological polar surface area (TPSA) is 125 Å². The van der Waals surface area contributed by atoms with Gasteiger partial charge in [0, 0.05) is 16.8 Å². The summed E-state index contributed by atoms with van der Waals surface area (Å²) in [6.07, 6.45) is 0. The van der Waals surface area contributed by atoms with Gasteiger partial charge in [0.25, 0.3) is 11.8 Å². The number of benzene rings is 2. The molecule has 1 N–H and O–H groups in total. The molecule has 2 amide bonds. The minimum absolute atomic E-state index is 0.171. The normalized spacial score (nSPS) is 12.1. The third-order valence-electron chi connectivity index (χ3n) is 5.86. The number of carbonyl (C=O) groups is 2. The van der Waals surface area contributed by atoms with Gasteiger partial charge in [-0.15, -0.1) is 10.2 Å². The Hall–Kier alpha value is -4.45. The number of carbonyl (C=O) groups excluding carboxylic acids is 2. The molecule has 0 radical (unpaired) electrons. The highest BCUT2D eigenvalue weighted by atomic mass is 35.5. The molecule has 0 unspecified atom stereocenters. The molecule has 2 heterocycles. The summed E-state index contributed by atoms with van der Waals surface area (Å²) in [4.78, 5) is 29.9. The second-order valence-electron chi connectivity index (χ2n) is 10.2. The number of furan rings is 1. The highest BCUT2D eigenvalue weighted by molar-refractivity contribution is 6.31. The highest BCUT2D eigenvalue weighted by Crippen LogP contribution is 2.33. The van der Waals surface area contributed by atoms with Crippen LogP contribution in [-0.4, -0.2) is 51.8 Å². The number of halogens is 2. The van der Waals surface area contributed by atoms with Crippen molar-refractivity contribution in [2.75, 3.05) is 19.1 Å². The average Bonchev–Trinajstić information content (AvgIpc) is 3.56. The Balaban J connectivity index is 1.73. The Morgan fingerprint density at radius 3 is 2.44 bits per heavy atom. The van der Waals surface area contributed by atoms with E-state index in [0.29, 0.717) is 22.8 Å². The summed E-state index contributed by atoms with van der Waals surface area (Å²) in [6.45, 7) is 6.74. The fraction of sp³-hybridized carbons (Fsp3) is 0.321. The molecular formula is C28H30ClFN6O5. The van der Waals surface area contributed by atoms with Crippen LogP contribution in [0.5, 0.6) is 11.5 Å². The summed E-state index contributed by atoms with van der Waals surface area (Å²) >= 11 is 6.09. The molecule has 2 aromatic carbocycles. The van der Waals surface area contributed by atoms with Crippen LogP contribution in [0.4, 0.5) is 10.1 Å². The molecule has 4 rings (SSSR count). The molecule has 4 aromatic rings. The summed E-state index contributed by atoms with van der Waals surface area (Å²) in [5.74, 6) is 0.179. The quantitative estimate of drug-likeness (QED) is 0.299. The van der Waals surface area contributed by atoms with Crippen molar-refractivity contribution in [3.05, 3.63) is 70.9 Å². The van der Waals surface area contributed by atoms with Crippen LogP contribution in [0.25, 0.3) is 11.4 Å². The SMILES string of the molecule is COc1ccc(-c2nnn(CC(=O)N(c3ccc(F)c(Cl)c3)[C@@H](C(=O)NC(C)(C)C)c3ccc(C)o3)n2)cc1OC. The first-order valence-electron chi connectivity index (χ1n) is 12.6. The van der Waals surface area contributed by atoms with Gasteiger partial charge in [0.15, 0.2) is 17.5 Å². The maximum Gasteiger partial charge on any atom is 0.251 e. The number of nitrogens with one attached hydrogen (secondary N) is 1. The first-order valence-corrected chi connectivity index (χ1v) is 12.9. The van der Waals surface area contributed by atoms with Gasteiger partial charge in [0.05, 0.1) is 19.2 Å². The molecule has 11 nitrogen and oxygen atoms in total. The van der Waals surface area contributed by atoms with Crippen LogP contribution >= 0.6 is 11.6 Å². The monoisotopic (exact) mass is 584 g/mol. The maximum atomic E-state index is 14.1. The minimum atomic E-state index is -1.26. The van der Waals surface area contributed by atoms with Gasteiger partial charge >= 0.3 is 0 Å². The van der Waals surface area contributed by atoms with Crippen molar-refractivity contribution in [3.63, 3.8) is 0 Å². The van der Waals surface area contributed by atoms with Crippen molar-refractivity contribution in [2.24, 2.45) is 0 Å². The van der Waals surface area contributed by atoms with E-state index in [0.717, 1.165) is 10.9 Å². The Bertz CT molecular complexity index is 1560. The third-order valence-corrected chi connectivity index (χ3v) is 6.15. The number of nitrogens with zero attached hydrogens (tertiary/aromatic N) is 5. The molecule has 0 saturated carbocycles. The Labute approximate surface area is 241 Å². The number of ether oxygens (including phenoxy) is 2. The van der Waals surface area contributed by atoms with Crippen molar-refractivity contribution in [1.82, 2.24) is 25.5 Å². The van der Waals surface area contributed by atoms with Crippen molar-refractivity contribution < 1.29 is 27.9 Å². The lowest BCUT2D eigenvalue weighted by Crippen LogP contribution is -2.50. The number of hydrogen-bond donors (Lipinski definition) is 1. The molecule has 41 heavy (non-hydrogen) atoms. The van der Waals surface area contributed by atoms with E-state index in [9.17, 15) is 14.0 Å². The van der Waals surface area contributed by atoms with Gasteiger partial charge in [-0.1, -0.05) is 11.6 Å². The van der Waals surface area contributed by atoms with Crippen LogP contribution in [0, 0.1) is 12.7 Å². The smallest absolute Gasteiger partial charge is 0.251 e. The molecule has 13 heteroatoms. The summed E-state index contributed by atoms with van der Waals surface area (Å²) in [5.41, 5.74) is 0.121. The Morgan fingerprint density at radius 1 is 1.10 bits per heavy atom. The predicted octanol–water partition coefficient (Wildman–Crippen LogP) is 4.74. The van der Waals surface area contributed by atoms with Gasteiger partial charge in [-0.05, 0) is 81.4 Å². The number of amides is 2. The van der Waals surface area contributed by atoms with Crippen molar-refractivity contribution in [3.8, 4) is 22.9 Å². The first kappa shape index (κ1) is 29.5. The van der Waals surface area contributed by atoms with Gasteiger partial charge in [-0.2, -0.15) is 4.80 Å². The van der Waals surface area contributed by atoms with Crippen LogP contribution in [0.2, 0.25) is 5.02 Å². The molecule has 1 atom stereocenters. The maximum absolute atomic E-state index is 14.1. The average molecular weight is 585 g/mol. The highest BCUT2D eigenvalue weighted by Gasteiger charge is 2.37. The van der Waals surface area contributed by atoms with E-state index in [-0.39, 0.29) is 22.3 Å². The van der Waals surface area contributed by atoms with E-state index in [4.69, 9.17) is 25.5 Å². The van der Waals surface area contributed by atoms with Gasteiger partial charge in [0.1, 0.15) is 23.9 Å². The van der Waals surface area contributed by atoms with Crippen molar-refractivity contribution >= 4 is 29.1 Å². The van der Waals surface area contributed by atoms with E-state index < -0.39 is 35.8 Å². The molecule has 2 aromatic heterocycles. The number of rotatable bonds is 9. The van der Waals surface area contributed by atoms with Crippen LogP contribution in [0.1, 0.15) is 38.3 Å². The third kappa shape index (κ3) is 6.83. The molecule has 0 bridgehead atoms. The van der Waals surface area contributed by atoms with Crippen LogP contribution < -0.4 is 19.7 Å². The van der Waals surface area contributed by atoms with E-state index >= 15 is 0 Å². The number of tetrazole rings is 1. The van der Waals surface area contributed by atoms with Crippen LogP contribution in [0.3, 0.4) is 0 Å². The Kier molecular flexibility index (Phi) is 8.62. The molecule has 0 aliphatic heterocycles. The second kappa shape index (κ2) is 12.0. The van der Waals surface area contributed by atoms with Crippen molar-refractivity contribution in [2.45, 2.75) is 45.8 Å². The number of aromatic nitrogens is 4. The summed E-state index contributed by atoms with van der Waals surface area (Å²) in [6, 6.07) is 10.9. The van der Waals surface area contributed by atoms with Gasteiger partial charge < -0.3 is 19.2 Å². The van der Waals surface area contributed by atoms with Crippen LogP contribution in [-0.2, 0) is 16.1 Å². The Morgan fingerprint density at radius 2 is 1.83 bits per heavy atom. The zero-order valence-corrected chi connectivity index (χ0v) is 24.2. The zero-order chi connectivity index (χ0) is 29.9. The standard InChI is InChI=1S/C28H30ClFN6O5/c1-16-7-11-22(41-16)25(27(38)31-28(2,3)4)36(18-9-10-20(30)19(29)14-18)24(37)15-35-33-26(32-34-35)17-8-12-21(39-5)23(13-17)40-6/h7-14,25H,15H2,1-6H3,(H,31,38)/t25-/m1/s1. The molecule has 0 saturated heterocycles. The molecule has 0 spiro atoms. The largest absolute Gasteiger partial charge is 0.493 e. The lowest BCUT2D eigenvalue weighted by Gasteiger charge is -2.32. The predicted molar refractivity (Wildman–Crippen MR) is 149 cm³/mol. The van der Waals surface area contributed by atoms with E-state index in [1.807, 2.05) is 20.8 Å². The molecular weight excluding hydrogens is 555 g/mol. The second-order valence-corrected chi connectivity index (χ2v) is 10.6. The number of aryl methyl sites for hydroxylation is 1. The molecule has 216 valence electrons. The van der Waals surface area contributed by atoms with E-state index in [2.05, 4.69) is 20.7 Å². The van der Waals surface area contributed by atoms with Crippen molar-refractivity contribution in [1.29, 1.82) is 0 Å². The number of methoxy groups -OCH3 is 2. The van der Waals surface area contributed by atoms with Gasteiger partial charge in [0.2, 0.25) is 5.82 Å².